The molecule has 12 heavy (non-hydrogen) atoms. The second-order valence-corrected chi connectivity index (χ2v) is 1.87. The Bertz CT molecular complexity index is 304. The molecule has 0 amide bonds. The maximum Gasteiger partial charge on any atom is 0.289 e. The molecule has 0 N–H and O–H groups in total. The lowest BCUT2D eigenvalue weighted by Gasteiger charge is -1.89. The van der Waals surface area contributed by atoms with Crippen molar-refractivity contribution < 1.29 is 9.15 Å². The van der Waals surface area contributed by atoms with Gasteiger partial charge in [-0.3, -0.25) is 0 Å². The standard InChI is InChI=1S/C9H7NO2/c10-6-2-1-3-7-11-9-5-4-8-12-9/h1-5,7-8H. The summed E-state index contributed by atoms with van der Waals surface area (Å²) in [6, 6.07) is 5.27. The van der Waals surface area contributed by atoms with Crippen LogP contribution in [0.2, 0.25) is 0 Å². The Balaban J connectivity index is 2.32. The van der Waals surface area contributed by atoms with E-state index in [1.165, 1.54) is 18.6 Å². The van der Waals surface area contributed by atoms with Gasteiger partial charge in [0.1, 0.15) is 0 Å². The van der Waals surface area contributed by atoms with Crippen molar-refractivity contribution in [1.29, 1.82) is 5.26 Å². The Hall–Kier alpha value is -1.95. The van der Waals surface area contributed by atoms with E-state index in [1.54, 1.807) is 24.3 Å². The van der Waals surface area contributed by atoms with Gasteiger partial charge in [-0.05, 0) is 18.2 Å². The highest BCUT2D eigenvalue weighted by molar-refractivity contribution is 5.12. The minimum absolute atomic E-state index is 0.427. The lowest BCUT2D eigenvalue weighted by Crippen LogP contribution is -1.75. The van der Waals surface area contributed by atoms with E-state index >= 15 is 0 Å². The molecule has 1 aromatic rings. The molecule has 0 unspecified atom stereocenters. The van der Waals surface area contributed by atoms with E-state index < -0.39 is 0 Å². The monoisotopic (exact) mass is 161 g/mol. The molecule has 0 radical (unpaired) electrons. The summed E-state index contributed by atoms with van der Waals surface area (Å²) >= 11 is 0. The highest BCUT2D eigenvalue weighted by Gasteiger charge is 1.88. The first kappa shape index (κ1) is 8.15. The van der Waals surface area contributed by atoms with E-state index in [1.807, 2.05) is 6.07 Å². The third-order valence-electron chi connectivity index (χ3n) is 1.04. The quantitative estimate of drug-likeness (QED) is 0.388. The zero-order chi connectivity index (χ0) is 8.65. The zero-order valence-electron chi connectivity index (χ0n) is 6.31. The van der Waals surface area contributed by atoms with Gasteiger partial charge in [0.05, 0.1) is 18.6 Å². The summed E-state index contributed by atoms with van der Waals surface area (Å²) in [7, 11) is 0. The Morgan fingerprint density at radius 3 is 3.08 bits per heavy atom. The summed E-state index contributed by atoms with van der Waals surface area (Å²) in [6.45, 7) is 0. The van der Waals surface area contributed by atoms with E-state index in [9.17, 15) is 0 Å². The van der Waals surface area contributed by atoms with Gasteiger partial charge in [0.2, 0.25) is 0 Å². The summed E-state index contributed by atoms with van der Waals surface area (Å²) in [6.07, 6.45) is 7.48. The first-order chi connectivity index (χ1) is 5.93. The highest BCUT2D eigenvalue weighted by Crippen LogP contribution is 2.09. The SMILES string of the molecule is N#CC=CC=COc1ccco1. The normalized spacial score (nSPS) is 10.6. The van der Waals surface area contributed by atoms with E-state index in [0.717, 1.165) is 0 Å². The van der Waals surface area contributed by atoms with Crippen LogP contribution in [-0.2, 0) is 0 Å². The maximum absolute atomic E-state index is 8.12. The Kier molecular flexibility index (Phi) is 3.26. The predicted molar refractivity (Wildman–Crippen MR) is 43.2 cm³/mol. The van der Waals surface area contributed by atoms with Crippen molar-refractivity contribution in [3.05, 3.63) is 42.9 Å². The summed E-state index contributed by atoms with van der Waals surface area (Å²) < 4.78 is 9.86. The minimum atomic E-state index is 0.427. The minimum Gasteiger partial charge on any atom is -0.434 e. The van der Waals surface area contributed by atoms with Gasteiger partial charge in [0.25, 0.3) is 5.95 Å². The number of ether oxygens (including phenoxy) is 1. The molecule has 0 fully saturated rings. The van der Waals surface area contributed by atoms with Crippen molar-refractivity contribution in [1.82, 2.24) is 0 Å². The molecule has 3 heteroatoms. The number of allylic oxidation sites excluding steroid dienone is 3. The lowest BCUT2D eigenvalue weighted by molar-refractivity contribution is 0.345. The number of rotatable bonds is 3. The molecule has 0 saturated carbocycles. The van der Waals surface area contributed by atoms with E-state index in [4.69, 9.17) is 14.4 Å². The van der Waals surface area contributed by atoms with Crippen LogP contribution >= 0.6 is 0 Å². The van der Waals surface area contributed by atoms with E-state index in [2.05, 4.69) is 0 Å². The molecule has 60 valence electrons. The second kappa shape index (κ2) is 4.80. The van der Waals surface area contributed by atoms with Crippen molar-refractivity contribution in [3.8, 4) is 12.0 Å². The van der Waals surface area contributed by atoms with Crippen LogP contribution in [0.1, 0.15) is 0 Å². The molecule has 0 aliphatic rings. The summed E-state index contributed by atoms with van der Waals surface area (Å²) in [5.41, 5.74) is 0. The van der Waals surface area contributed by atoms with Crippen molar-refractivity contribution >= 4 is 0 Å². The van der Waals surface area contributed by atoms with Crippen LogP contribution in [0.5, 0.6) is 5.95 Å². The smallest absolute Gasteiger partial charge is 0.289 e. The van der Waals surface area contributed by atoms with Crippen LogP contribution in [0.4, 0.5) is 0 Å². The fourth-order valence-electron chi connectivity index (χ4n) is 0.581. The van der Waals surface area contributed by atoms with Crippen molar-refractivity contribution in [3.63, 3.8) is 0 Å². The van der Waals surface area contributed by atoms with Crippen molar-refractivity contribution in [2.75, 3.05) is 0 Å². The topological polar surface area (TPSA) is 46.2 Å². The molecule has 0 saturated heterocycles. The van der Waals surface area contributed by atoms with Crippen LogP contribution < -0.4 is 4.74 Å². The molecular weight excluding hydrogens is 154 g/mol. The number of nitriles is 1. The number of nitrogens with zero attached hydrogens (tertiary/aromatic N) is 1. The fraction of sp³-hybridized carbons (Fsp3) is 0. The van der Waals surface area contributed by atoms with Gasteiger partial charge in [0.15, 0.2) is 0 Å². The largest absolute Gasteiger partial charge is 0.434 e. The number of hydrogen-bond acceptors (Lipinski definition) is 3. The number of hydrogen-bond donors (Lipinski definition) is 0. The van der Waals surface area contributed by atoms with Gasteiger partial charge in [-0.2, -0.15) is 5.26 Å². The highest BCUT2D eigenvalue weighted by atomic mass is 16.6. The zero-order valence-corrected chi connectivity index (χ0v) is 6.31. The molecule has 1 heterocycles. The molecule has 0 aliphatic carbocycles. The molecule has 1 rings (SSSR count). The van der Waals surface area contributed by atoms with Gasteiger partial charge in [-0.1, -0.05) is 0 Å². The van der Waals surface area contributed by atoms with E-state index in [-0.39, 0.29) is 0 Å². The van der Waals surface area contributed by atoms with Gasteiger partial charge in [-0.25, -0.2) is 0 Å². The molecule has 1 aromatic heterocycles. The van der Waals surface area contributed by atoms with Crippen molar-refractivity contribution in [2.45, 2.75) is 0 Å². The van der Waals surface area contributed by atoms with Gasteiger partial charge < -0.3 is 9.15 Å². The molecular formula is C9H7NO2. The molecule has 0 aliphatic heterocycles. The van der Waals surface area contributed by atoms with Gasteiger partial charge >= 0.3 is 0 Å². The maximum atomic E-state index is 8.12. The third-order valence-corrected chi connectivity index (χ3v) is 1.04. The average molecular weight is 161 g/mol. The summed E-state index contributed by atoms with van der Waals surface area (Å²) in [5.74, 6) is 0.427. The first-order valence-corrected chi connectivity index (χ1v) is 3.35. The molecule has 3 nitrogen and oxygen atoms in total. The van der Waals surface area contributed by atoms with Crippen LogP contribution in [0, 0.1) is 11.3 Å². The summed E-state index contributed by atoms with van der Waals surface area (Å²) in [4.78, 5) is 0. The Morgan fingerprint density at radius 1 is 1.50 bits per heavy atom. The summed E-state index contributed by atoms with van der Waals surface area (Å²) in [5, 5.41) is 8.12. The molecule has 0 aromatic carbocycles. The second-order valence-electron chi connectivity index (χ2n) is 1.87. The lowest BCUT2D eigenvalue weighted by atomic mass is 10.5. The predicted octanol–water partition coefficient (Wildman–Crippen LogP) is 2.25. The van der Waals surface area contributed by atoms with Crippen LogP contribution in [0.25, 0.3) is 0 Å². The van der Waals surface area contributed by atoms with Crippen LogP contribution in [0.15, 0.2) is 47.3 Å². The van der Waals surface area contributed by atoms with Crippen molar-refractivity contribution in [2.24, 2.45) is 0 Å². The van der Waals surface area contributed by atoms with Crippen LogP contribution in [0.3, 0.4) is 0 Å². The van der Waals surface area contributed by atoms with E-state index in [0.29, 0.717) is 5.95 Å². The first-order valence-electron chi connectivity index (χ1n) is 3.35. The number of furan rings is 1. The third kappa shape index (κ3) is 2.76. The van der Waals surface area contributed by atoms with Crippen LogP contribution in [-0.4, -0.2) is 0 Å². The average Bonchev–Trinajstić information content (AvgIpc) is 2.57. The fourth-order valence-corrected chi connectivity index (χ4v) is 0.581. The van der Waals surface area contributed by atoms with Gasteiger partial charge in [-0.15, -0.1) is 0 Å². The molecule has 0 spiro atoms. The Labute approximate surface area is 70.2 Å². The Morgan fingerprint density at radius 2 is 2.42 bits per heavy atom. The molecule has 0 bridgehead atoms. The molecule has 0 atom stereocenters. The van der Waals surface area contributed by atoms with Gasteiger partial charge in [0, 0.05) is 12.1 Å².